The van der Waals surface area contributed by atoms with Crippen molar-refractivity contribution in [3.8, 4) is 11.5 Å². The first kappa shape index (κ1) is 19.7. The number of ether oxygens (including phenoxy) is 2. The Kier molecular flexibility index (Phi) is 6.04. The summed E-state index contributed by atoms with van der Waals surface area (Å²) in [6, 6.07) is 12.9. The predicted molar refractivity (Wildman–Crippen MR) is 105 cm³/mol. The minimum atomic E-state index is -3.49. The molecule has 0 atom stereocenters. The van der Waals surface area contributed by atoms with Crippen molar-refractivity contribution in [2.45, 2.75) is 18.4 Å². The lowest BCUT2D eigenvalue weighted by Gasteiger charge is -2.34. The summed E-state index contributed by atoms with van der Waals surface area (Å²) in [5.74, 6) is 1.55. The molecule has 2 aromatic carbocycles. The number of rotatable bonds is 6. The smallest absolute Gasteiger partial charge is 0.243 e. The van der Waals surface area contributed by atoms with Gasteiger partial charge in [-0.1, -0.05) is 18.2 Å². The van der Waals surface area contributed by atoms with E-state index in [0.29, 0.717) is 36.8 Å². The van der Waals surface area contributed by atoms with Crippen LogP contribution in [0.3, 0.4) is 0 Å². The lowest BCUT2D eigenvalue weighted by molar-refractivity contribution is 0.180. The Morgan fingerprint density at radius 3 is 2.22 bits per heavy atom. The number of benzene rings is 2. The molecule has 3 rings (SSSR count). The zero-order valence-corrected chi connectivity index (χ0v) is 16.8. The summed E-state index contributed by atoms with van der Waals surface area (Å²) in [4.78, 5) is 2.57. The minimum absolute atomic E-state index is 0.318. The maximum absolute atomic E-state index is 13.0. The van der Waals surface area contributed by atoms with Gasteiger partial charge in [0.2, 0.25) is 10.0 Å². The van der Waals surface area contributed by atoms with E-state index >= 15 is 0 Å². The van der Waals surface area contributed by atoms with Crippen molar-refractivity contribution in [2.24, 2.45) is 0 Å². The van der Waals surface area contributed by atoms with Gasteiger partial charge in [-0.3, -0.25) is 4.90 Å². The first-order valence-corrected chi connectivity index (χ1v) is 10.4. The Balaban J connectivity index is 1.67. The van der Waals surface area contributed by atoms with Crippen molar-refractivity contribution in [1.29, 1.82) is 0 Å². The molecule has 1 fully saturated rings. The van der Waals surface area contributed by atoms with Gasteiger partial charge in [-0.05, 0) is 36.8 Å². The molecule has 27 heavy (non-hydrogen) atoms. The lowest BCUT2D eigenvalue weighted by Crippen LogP contribution is -2.48. The largest absolute Gasteiger partial charge is 0.496 e. The standard InChI is InChI=1S/C20H26N2O4S/c1-16-14-18(8-9-19(16)25-2)27(23,24)22-12-10-21(11-13-22)15-17-6-4-5-7-20(17)26-3/h4-9,14H,10-13,15H2,1-3H3. The van der Waals surface area contributed by atoms with Crippen LogP contribution >= 0.6 is 0 Å². The molecule has 1 heterocycles. The van der Waals surface area contributed by atoms with Gasteiger partial charge in [0.1, 0.15) is 11.5 Å². The number of para-hydroxylation sites is 1. The van der Waals surface area contributed by atoms with Gasteiger partial charge in [0, 0.05) is 38.3 Å². The summed E-state index contributed by atoms with van der Waals surface area (Å²) in [7, 11) is -0.245. The van der Waals surface area contributed by atoms with E-state index in [1.54, 1.807) is 36.7 Å². The third kappa shape index (κ3) is 4.26. The first-order valence-electron chi connectivity index (χ1n) is 8.94. The molecule has 0 amide bonds. The zero-order valence-electron chi connectivity index (χ0n) is 16.0. The van der Waals surface area contributed by atoms with Gasteiger partial charge in [-0.15, -0.1) is 0 Å². The fourth-order valence-electron chi connectivity index (χ4n) is 3.36. The zero-order chi connectivity index (χ0) is 19.4. The number of hydrogen-bond acceptors (Lipinski definition) is 5. The van der Waals surface area contributed by atoms with E-state index in [-0.39, 0.29) is 0 Å². The van der Waals surface area contributed by atoms with Crippen molar-refractivity contribution < 1.29 is 17.9 Å². The van der Waals surface area contributed by atoms with Gasteiger partial charge in [0.25, 0.3) is 0 Å². The minimum Gasteiger partial charge on any atom is -0.496 e. The van der Waals surface area contributed by atoms with Crippen molar-refractivity contribution in [1.82, 2.24) is 9.21 Å². The van der Waals surface area contributed by atoms with Crippen molar-refractivity contribution in [3.63, 3.8) is 0 Å². The molecule has 0 saturated carbocycles. The van der Waals surface area contributed by atoms with Crippen LogP contribution in [0.5, 0.6) is 11.5 Å². The van der Waals surface area contributed by atoms with E-state index in [9.17, 15) is 8.42 Å². The second-order valence-electron chi connectivity index (χ2n) is 6.62. The molecule has 1 saturated heterocycles. The van der Waals surface area contributed by atoms with E-state index in [1.807, 2.05) is 31.2 Å². The fourth-order valence-corrected chi connectivity index (χ4v) is 4.87. The first-order chi connectivity index (χ1) is 13.0. The van der Waals surface area contributed by atoms with Crippen LogP contribution in [-0.2, 0) is 16.6 Å². The van der Waals surface area contributed by atoms with Crippen LogP contribution in [0.25, 0.3) is 0 Å². The van der Waals surface area contributed by atoms with Crippen LogP contribution in [0, 0.1) is 6.92 Å². The molecule has 0 aliphatic carbocycles. The molecule has 2 aromatic rings. The second kappa shape index (κ2) is 8.29. The summed E-state index contributed by atoms with van der Waals surface area (Å²) in [6.45, 7) is 4.92. The number of sulfonamides is 1. The summed E-state index contributed by atoms with van der Waals surface area (Å²) in [5.41, 5.74) is 1.93. The second-order valence-corrected chi connectivity index (χ2v) is 8.56. The fraction of sp³-hybridized carbons (Fsp3) is 0.400. The summed E-state index contributed by atoms with van der Waals surface area (Å²) >= 11 is 0. The third-order valence-electron chi connectivity index (χ3n) is 4.92. The van der Waals surface area contributed by atoms with Crippen LogP contribution in [-0.4, -0.2) is 58.0 Å². The molecule has 0 radical (unpaired) electrons. The molecular formula is C20H26N2O4S. The van der Waals surface area contributed by atoms with E-state index in [2.05, 4.69) is 4.90 Å². The Labute approximate surface area is 161 Å². The van der Waals surface area contributed by atoms with Crippen molar-refractivity contribution in [2.75, 3.05) is 40.4 Å². The van der Waals surface area contributed by atoms with Crippen LogP contribution < -0.4 is 9.47 Å². The molecule has 0 spiro atoms. The highest BCUT2D eigenvalue weighted by Gasteiger charge is 2.29. The molecule has 1 aliphatic heterocycles. The third-order valence-corrected chi connectivity index (χ3v) is 6.82. The summed E-state index contributed by atoms with van der Waals surface area (Å²) < 4.78 is 38.1. The highest BCUT2D eigenvalue weighted by atomic mass is 32.2. The average molecular weight is 391 g/mol. The Morgan fingerprint density at radius 2 is 1.59 bits per heavy atom. The molecule has 0 unspecified atom stereocenters. The summed E-state index contributed by atoms with van der Waals surface area (Å²) in [6.07, 6.45) is 0. The Morgan fingerprint density at radius 1 is 0.926 bits per heavy atom. The number of aryl methyl sites for hydroxylation is 1. The number of nitrogens with zero attached hydrogens (tertiary/aromatic N) is 2. The topological polar surface area (TPSA) is 59.1 Å². The predicted octanol–water partition coefficient (Wildman–Crippen LogP) is 2.52. The maximum Gasteiger partial charge on any atom is 0.243 e. The van der Waals surface area contributed by atoms with Crippen LogP contribution in [0.2, 0.25) is 0 Å². The molecule has 7 heteroatoms. The molecule has 6 nitrogen and oxygen atoms in total. The number of piperazine rings is 1. The Bertz CT molecular complexity index is 891. The highest BCUT2D eigenvalue weighted by molar-refractivity contribution is 7.89. The lowest BCUT2D eigenvalue weighted by atomic mass is 10.2. The van der Waals surface area contributed by atoms with Gasteiger partial charge in [0.15, 0.2) is 0 Å². The molecule has 1 aliphatic rings. The van der Waals surface area contributed by atoms with E-state index in [1.165, 1.54) is 0 Å². The molecular weight excluding hydrogens is 364 g/mol. The van der Waals surface area contributed by atoms with Gasteiger partial charge in [-0.25, -0.2) is 8.42 Å². The normalized spacial score (nSPS) is 16.3. The van der Waals surface area contributed by atoms with Crippen LogP contribution in [0.15, 0.2) is 47.4 Å². The van der Waals surface area contributed by atoms with Gasteiger partial charge < -0.3 is 9.47 Å². The monoisotopic (exact) mass is 390 g/mol. The highest BCUT2D eigenvalue weighted by Crippen LogP contribution is 2.25. The van der Waals surface area contributed by atoms with E-state index in [4.69, 9.17) is 9.47 Å². The number of methoxy groups -OCH3 is 2. The Hall–Kier alpha value is -2.09. The van der Waals surface area contributed by atoms with Crippen molar-refractivity contribution in [3.05, 3.63) is 53.6 Å². The van der Waals surface area contributed by atoms with E-state index in [0.717, 1.165) is 23.4 Å². The van der Waals surface area contributed by atoms with Gasteiger partial charge in [-0.2, -0.15) is 4.31 Å². The summed E-state index contributed by atoms with van der Waals surface area (Å²) in [5, 5.41) is 0. The molecule has 0 aromatic heterocycles. The van der Waals surface area contributed by atoms with Crippen molar-refractivity contribution >= 4 is 10.0 Å². The average Bonchev–Trinajstić information content (AvgIpc) is 2.68. The maximum atomic E-state index is 13.0. The van der Waals surface area contributed by atoms with Crippen LogP contribution in [0.4, 0.5) is 0 Å². The molecule has 146 valence electrons. The van der Waals surface area contributed by atoms with Crippen LogP contribution in [0.1, 0.15) is 11.1 Å². The SMILES string of the molecule is COc1ccc(S(=O)(=O)N2CCN(Cc3ccccc3OC)CC2)cc1C. The number of hydrogen-bond donors (Lipinski definition) is 0. The molecule has 0 N–H and O–H groups in total. The quantitative estimate of drug-likeness (QED) is 0.759. The molecule has 0 bridgehead atoms. The van der Waals surface area contributed by atoms with E-state index < -0.39 is 10.0 Å². The van der Waals surface area contributed by atoms with Gasteiger partial charge in [0.05, 0.1) is 19.1 Å². The van der Waals surface area contributed by atoms with Gasteiger partial charge >= 0.3 is 0 Å².